The maximum Gasteiger partial charge on any atom is 0.146 e. The van der Waals surface area contributed by atoms with Crippen molar-refractivity contribution in [3.8, 4) is 11.5 Å². The number of para-hydroxylation sites is 1. The molecule has 0 aliphatic rings. The van der Waals surface area contributed by atoms with E-state index in [-0.39, 0.29) is 0 Å². The van der Waals surface area contributed by atoms with Crippen molar-refractivity contribution in [2.45, 2.75) is 0 Å². The SMILES string of the molecule is [B]c1ccc(Oc2ccccc2Cl)cc1. The molecule has 2 aromatic carbocycles. The largest absolute Gasteiger partial charge is 0.456 e. The number of hydrogen-bond acceptors (Lipinski definition) is 1. The summed E-state index contributed by atoms with van der Waals surface area (Å²) in [4.78, 5) is 0. The second kappa shape index (κ2) is 4.41. The summed E-state index contributed by atoms with van der Waals surface area (Å²) in [5, 5.41) is 0.592. The zero-order valence-electron chi connectivity index (χ0n) is 7.98. The lowest BCUT2D eigenvalue weighted by molar-refractivity contribution is 0.483. The molecule has 0 atom stereocenters. The fraction of sp³-hybridized carbons (Fsp3) is 0. The van der Waals surface area contributed by atoms with Crippen molar-refractivity contribution in [3.05, 3.63) is 53.6 Å². The van der Waals surface area contributed by atoms with Gasteiger partial charge in [0, 0.05) is 0 Å². The van der Waals surface area contributed by atoms with E-state index in [1.165, 1.54) is 0 Å². The van der Waals surface area contributed by atoms with Crippen LogP contribution in [0.2, 0.25) is 5.02 Å². The maximum atomic E-state index is 5.96. The van der Waals surface area contributed by atoms with Crippen LogP contribution in [-0.2, 0) is 0 Å². The van der Waals surface area contributed by atoms with Gasteiger partial charge in [0.2, 0.25) is 0 Å². The lowest BCUT2D eigenvalue weighted by Gasteiger charge is -2.07. The van der Waals surface area contributed by atoms with E-state index in [0.29, 0.717) is 16.2 Å². The summed E-state index contributed by atoms with van der Waals surface area (Å²) in [5.74, 6) is 1.36. The van der Waals surface area contributed by atoms with Crippen LogP contribution >= 0.6 is 11.6 Å². The van der Waals surface area contributed by atoms with E-state index >= 15 is 0 Å². The van der Waals surface area contributed by atoms with Gasteiger partial charge in [0.15, 0.2) is 0 Å². The molecule has 2 radical (unpaired) electrons. The molecule has 0 aliphatic heterocycles. The summed E-state index contributed by atoms with van der Waals surface area (Å²) in [5.41, 5.74) is 0.710. The Morgan fingerprint density at radius 1 is 0.933 bits per heavy atom. The zero-order chi connectivity index (χ0) is 10.7. The van der Waals surface area contributed by atoms with Gasteiger partial charge in [-0.1, -0.05) is 41.3 Å². The minimum absolute atomic E-state index is 0.592. The van der Waals surface area contributed by atoms with Gasteiger partial charge < -0.3 is 4.74 Å². The van der Waals surface area contributed by atoms with Crippen LogP contribution in [0.1, 0.15) is 0 Å². The summed E-state index contributed by atoms with van der Waals surface area (Å²) in [7, 11) is 5.57. The quantitative estimate of drug-likeness (QED) is 0.699. The molecular formula is C12H8BClO. The molecule has 0 bridgehead atoms. The molecular weight excluding hydrogens is 206 g/mol. The molecule has 0 amide bonds. The van der Waals surface area contributed by atoms with Gasteiger partial charge in [-0.15, -0.1) is 0 Å². The van der Waals surface area contributed by atoms with E-state index < -0.39 is 0 Å². The minimum atomic E-state index is 0.592. The highest BCUT2D eigenvalue weighted by Gasteiger charge is 2.00. The van der Waals surface area contributed by atoms with E-state index in [1.807, 2.05) is 18.2 Å². The molecule has 15 heavy (non-hydrogen) atoms. The van der Waals surface area contributed by atoms with Crippen molar-refractivity contribution < 1.29 is 4.74 Å². The predicted octanol–water partition coefficient (Wildman–Crippen LogP) is 2.93. The van der Waals surface area contributed by atoms with E-state index in [2.05, 4.69) is 0 Å². The highest BCUT2D eigenvalue weighted by Crippen LogP contribution is 2.28. The van der Waals surface area contributed by atoms with Crippen LogP contribution in [0.5, 0.6) is 11.5 Å². The first-order chi connectivity index (χ1) is 7.25. The fourth-order valence-electron chi connectivity index (χ4n) is 1.19. The van der Waals surface area contributed by atoms with Crippen molar-refractivity contribution in [3.63, 3.8) is 0 Å². The van der Waals surface area contributed by atoms with Crippen LogP contribution < -0.4 is 10.2 Å². The molecule has 2 aromatic rings. The molecule has 72 valence electrons. The molecule has 0 spiro atoms. The average Bonchev–Trinajstić information content (AvgIpc) is 2.25. The minimum Gasteiger partial charge on any atom is -0.456 e. The standard InChI is InChI=1S/C12H8BClO/c13-9-5-7-10(8-6-9)15-12-4-2-1-3-11(12)14/h1-8H. The first-order valence-electron chi connectivity index (χ1n) is 4.53. The Morgan fingerprint density at radius 3 is 2.27 bits per heavy atom. The van der Waals surface area contributed by atoms with Crippen molar-refractivity contribution in [1.82, 2.24) is 0 Å². The first kappa shape index (κ1) is 10.1. The van der Waals surface area contributed by atoms with Gasteiger partial charge in [0.25, 0.3) is 0 Å². The predicted molar refractivity (Wildman–Crippen MR) is 63.4 cm³/mol. The van der Waals surface area contributed by atoms with E-state index in [1.54, 1.807) is 30.3 Å². The van der Waals surface area contributed by atoms with Crippen LogP contribution in [-0.4, -0.2) is 7.85 Å². The highest BCUT2D eigenvalue weighted by atomic mass is 35.5. The summed E-state index contributed by atoms with van der Waals surface area (Å²) in [6, 6.07) is 14.5. The van der Waals surface area contributed by atoms with Crippen LogP contribution in [0.3, 0.4) is 0 Å². The Labute approximate surface area is 95.1 Å². The van der Waals surface area contributed by atoms with Gasteiger partial charge in [0.05, 0.1) is 5.02 Å². The lowest BCUT2D eigenvalue weighted by Crippen LogP contribution is -1.99. The Kier molecular flexibility index (Phi) is 2.98. The summed E-state index contributed by atoms with van der Waals surface area (Å²) in [6.07, 6.45) is 0. The van der Waals surface area contributed by atoms with Gasteiger partial charge in [-0.2, -0.15) is 0 Å². The second-order valence-electron chi connectivity index (χ2n) is 3.10. The van der Waals surface area contributed by atoms with Gasteiger partial charge in [-0.3, -0.25) is 0 Å². The summed E-state index contributed by atoms with van der Waals surface area (Å²) in [6.45, 7) is 0. The summed E-state index contributed by atoms with van der Waals surface area (Å²) >= 11 is 5.96. The Hall–Kier alpha value is -1.41. The number of ether oxygens (including phenoxy) is 1. The molecule has 0 fully saturated rings. The zero-order valence-corrected chi connectivity index (χ0v) is 8.74. The van der Waals surface area contributed by atoms with E-state index in [0.717, 1.165) is 5.75 Å². The lowest BCUT2D eigenvalue weighted by atomic mass is 9.97. The molecule has 0 heterocycles. The number of halogens is 1. The summed E-state index contributed by atoms with van der Waals surface area (Å²) < 4.78 is 5.58. The molecule has 0 unspecified atom stereocenters. The van der Waals surface area contributed by atoms with E-state index in [9.17, 15) is 0 Å². The van der Waals surface area contributed by atoms with Crippen molar-refractivity contribution >= 4 is 24.9 Å². The third-order valence-corrected chi connectivity index (χ3v) is 2.26. The topological polar surface area (TPSA) is 9.23 Å². The molecule has 0 saturated heterocycles. The Balaban J connectivity index is 2.22. The number of hydrogen-bond donors (Lipinski definition) is 0. The van der Waals surface area contributed by atoms with Crippen LogP contribution in [0.25, 0.3) is 0 Å². The molecule has 0 saturated carbocycles. The monoisotopic (exact) mass is 214 g/mol. The van der Waals surface area contributed by atoms with Gasteiger partial charge in [-0.25, -0.2) is 0 Å². The number of rotatable bonds is 2. The number of benzene rings is 2. The van der Waals surface area contributed by atoms with Crippen LogP contribution in [0, 0.1) is 0 Å². The highest BCUT2D eigenvalue weighted by molar-refractivity contribution is 6.32. The van der Waals surface area contributed by atoms with Crippen molar-refractivity contribution in [2.75, 3.05) is 0 Å². The Bertz CT molecular complexity index is 453. The van der Waals surface area contributed by atoms with Gasteiger partial charge >= 0.3 is 0 Å². The Morgan fingerprint density at radius 2 is 1.60 bits per heavy atom. The van der Waals surface area contributed by atoms with E-state index in [4.69, 9.17) is 24.2 Å². The molecule has 3 heteroatoms. The third kappa shape index (κ3) is 2.54. The van der Waals surface area contributed by atoms with Crippen LogP contribution in [0.15, 0.2) is 48.5 Å². The van der Waals surface area contributed by atoms with Crippen molar-refractivity contribution in [2.24, 2.45) is 0 Å². The smallest absolute Gasteiger partial charge is 0.146 e. The molecule has 1 nitrogen and oxygen atoms in total. The third-order valence-electron chi connectivity index (χ3n) is 1.94. The molecule has 0 aromatic heterocycles. The van der Waals surface area contributed by atoms with Crippen LogP contribution in [0.4, 0.5) is 0 Å². The van der Waals surface area contributed by atoms with Crippen molar-refractivity contribution in [1.29, 1.82) is 0 Å². The van der Waals surface area contributed by atoms with Gasteiger partial charge in [0.1, 0.15) is 19.3 Å². The molecule has 2 rings (SSSR count). The second-order valence-corrected chi connectivity index (χ2v) is 3.51. The van der Waals surface area contributed by atoms with Gasteiger partial charge in [-0.05, 0) is 24.3 Å². The first-order valence-corrected chi connectivity index (χ1v) is 4.91. The fourth-order valence-corrected chi connectivity index (χ4v) is 1.36. The molecule has 0 aliphatic carbocycles. The maximum absolute atomic E-state index is 5.96. The average molecular weight is 214 g/mol. The molecule has 0 N–H and O–H groups in total. The normalized spacial score (nSPS) is 9.93.